The molecule has 7 heteroatoms. The Labute approximate surface area is 129 Å². The molecule has 1 saturated heterocycles. The molecule has 0 aliphatic carbocycles. The summed E-state index contributed by atoms with van der Waals surface area (Å²) < 4.78 is 5.21. The van der Waals surface area contributed by atoms with Gasteiger partial charge in [0.1, 0.15) is 5.75 Å². The second kappa shape index (κ2) is 7.49. The summed E-state index contributed by atoms with van der Waals surface area (Å²) >= 11 is 5.95. The number of methoxy groups -OCH3 is 1. The first-order valence-electron chi connectivity index (χ1n) is 6.86. The number of piperazine rings is 1. The zero-order valence-electron chi connectivity index (χ0n) is 12.0. The summed E-state index contributed by atoms with van der Waals surface area (Å²) in [6.07, 6.45) is 0. The molecule has 21 heavy (non-hydrogen) atoms. The number of nitrogens with one attached hydrogen (secondary N) is 1. The van der Waals surface area contributed by atoms with Crippen LogP contribution in [0.4, 0.5) is 10.5 Å². The van der Waals surface area contributed by atoms with Crippen molar-refractivity contribution in [1.29, 1.82) is 0 Å². The van der Waals surface area contributed by atoms with Gasteiger partial charge in [-0.25, -0.2) is 4.79 Å². The maximum absolute atomic E-state index is 12.3. The monoisotopic (exact) mass is 313 g/mol. The number of halogens is 1. The van der Waals surface area contributed by atoms with Crippen molar-refractivity contribution in [2.24, 2.45) is 0 Å². The molecule has 1 aromatic carbocycles. The van der Waals surface area contributed by atoms with Gasteiger partial charge >= 0.3 is 6.03 Å². The Balaban J connectivity index is 1.95. The number of amides is 2. The van der Waals surface area contributed by atoms with E-state index < -0.39 is 0 Å². The second-order valence-electron chi connectivity index (χ2n) is 4.83. The topological polar surface area (TPSA) is 65.0 Å². The molecule has 2 rings (SSSR count). The van der Waals surface area contributed by atoms with E-state index in [2.05, 4.69) is 10.2 Å². The lowest BCUT2D eigenvalue weighted by molar-refractivity contribution is 0.127. The Morgan fingerprint density at radius 2 is 2.10 bits per heavy atom. The predicted molar refractivity (Wildman–Crippen MR) is 82.1 cm³/mol. The smallest absolute Gasteiger partial charge is 0.322 e. The van der Waals surface area contributed by atoms with Gasteiger partial charge in [0.2, 0.25) is 0 Å². The van der Waals surface area contributed by atoms with Crippen molar-refractivity contribution in [2.45, 2.75) is 0 Å². The maximum atomic E-state index is 12.3. The highest BCUT2D eigenvalue weighted by Gasteiger charge is 2.21. The van der Waals surface area contributed by atoms with Gasteiger partial charge in [-0.1, -0.05) is 11.6 Å². The lowest BCUT2D eigenvalue weighted by atomic mass is 10.3. The number of carbonyl (C=O) groups excluding carboxylic acids is 1. The molecule has 0 bridgehead atoms. The highest BCUT2D eigenvalue weighted by Crippen LogP contribution is 2.27. The van der Waals surface area contributed by atoms with Gasteiger partial charge in [-0.15, -0.1) is 0 Å². The molecule has 0 spiro atoms. The van der Waals surface area contributed by atoms with Crippen LogP contribution in [0.1, 0.15) is 0 Å². The van der Waals surface area contributed by atoms with Gasteiger partial charge in [0, 0.05) is 37.7 Å². The molecule has 1 fully saturated rings. The van der Waals surface area contributed by atoms with Crippen molar-refractivity contribution in [3.63, 3.8) is 0 Å². The van der Waals surface area contributed by atoms with Crippen molar-refractivity contribution >= 4 is 23.3 Å². The number of ether oxygens (including phenoxy) is 1. The van der Waals surface area contributed by atoms with E-state index in [0.29, 0.717) is 36.1 Å². The molecule has 2 N–H and O–H groups in total. The minimum Gasteiger partial charge on any atom is -0.495 e. The number of aliphatic hydroxyl groups excluding tert-OH is 1. The molecule has 0 saturated carbocycles. The van der Waals surface area contributed by atoms with Crippen molar-refractivity contribution in [3.8, 4) is 5.75 Å². The van der Waals surface area contributed by atoms with E-state index in [1.165, 1.54) is 0 Å². The number of nitrogens with zero attached hydrogens (tertiary/aromatic N) is 2. The van der Waals surface area contributed by atoms with E-state index in [-0.39, 0.29) is 12.6 Å². The Kier molecular flexibility index (Phi) is 5.67. The van der Waals surface area contributed by atoms with Crippen LogP contribution >= 0.6 is 11.6 Å². The minimum absolute atomic E-state index is 0.145. The highest BCUT2D eigenvalue weighted by molar-refractivity contribution is 6.31. The summed E-state index contributed by atoms with van der Waals surface area (Å²) in [5.74, 6) is 0.576. The number of rotatable bonds is 4. The fraction of sp³-hybridized carbons (Fsp3) is 0.500. The standard InChI is InChI=1S/C14H20ClN3O3/c1-21-13-3-2-11(15)10-12(13)16-14(20)18-6-4-17(5-7-18)8-9-19/h2-3,10,19H,4-9H2,1H3,(H,16,20). The lowest BCUT2D eigenvalue weighted by Gasteiger charge is -2.34. The fourth-order valence-corrected chi connectivity index (χ4v) is 2.46. The Morgan fingerprint density at radius 3 is 2.71 bits per heavy atom. The van der Waals surface area contributed by atoms with Crippen molar-refractivity contribution in [2.75, 3.05) is 51.8 Å². The number of aliphatic hydroxyl groups is 1. The largest absolute Gasteiger partial charge is 0.495 e. The zero-order valence-corrected chi connectivity index (χ0v) is 12.8. The summed E-state index contributed by atoms with van der Waals surface area (Å²) in [7, 11) is 1.55. The van der Waals surface area contributed by atoms with Crippen LogP contribution in [-0.2, 0) is 0 Å². The van der Waals surface area contributed by atoms with E-state index in [0.717, 1.165) is 13.1 Å². The summed E-state index contributed by atoms with van der Waals surface area (Å²) in [5, 5.41) is 12.3. The number of hydrogen-bond donors (Lipinski definition) is 2. The number of hydrogen-bond acceptors (Lipinski definition) is 4. The van der Waals surface area contributed by atoms with Gasteiger partial charge in [0.25, 0.3) is 0 Å². The zero-order chi connectivity index (χ0) is 15.2. The highest BCUT2D eigenvalue weighted by atomic mass is 35.5. The first-order chi connectivity index (χ1) is 10.1. The third-order valence-corrected chi connectivity index (χ3v) is 3.71. The lowest BCUT2D eigenvalue weighted by Crippen LogP contribution is -2.50. The van der Waals surface area contributed by atoms with Crippen molar-refractivity contribution < 1.29 is 14.6 Å². The minimum atomic E-state index is -0.167. The van der Waals surface area contributed by atoms with Crippen LogP contribution in [0, 0.1) is 0 Å². The van der Waals surface area contributed by atoms with E-state index in [4.69, 9.17) is 21.4 Å². The number of carbonyl (C=O) groups is 1. The van der Waals surface area contributed by atoms with E-state index >= 15 is 0 Å². The molecular weight excluding hydrogens is 294 g/mol. The predicted octanol–water partition coefficient (Wildman–Crippen LogP) is 1.49. The molecule has 0 atom stereocenters. The van der Waals surface area contributed by atoms with Crippen LogP contribution in [0.15, 0.2) is 18.2 Å². The average molecular weight is 314 g/mol. The van der Waals surface area contributed by atoms with Gasteiger partial charge in [0.15, 0.2) is 0 Å². The summed E-state index contributed by atoms with van der Waals surface area (Å²) in [4.78, 5) is 16.1. The molecule has 6 nitrogen and oxygen atoms in total. The number of benzene rings is 1. The number of urea groups is 1. The molecule has 116 valence electrons. The molecule has 2 amide bonds. The normalized spacial score (nSPS) is 15.9. The first kappa shape index (κ1) is 15.9. The van der Waals surface area contributed by atoms with Crippen molar-refractivity contribution in [3.05, 3.63) is 23.2 Å². The third kappa shape index (κ3) is 4.23. The Morgan fingerprint density at radius 1 is 1.38 bits per heavy atom. The fourth-order valence-electron chi connectivity index (χ4n) is 2.29. The van der Waals surface area contributed by atoms with E-state index in [1.54, 1.807) is 30.2 Å². The molecule has 1 aliphatic rings. The molecule has 1 heterocycles. The average Bonchev–Trinajstić information content (AvgIpc) is 2.48. The van der Waals surface area contributed by atoms with Crippen LogP contribution in [-0.4, -0.2) is 67.4 Å². The van der Waals surface area contributed by atoms with Gasteiger partial charge < -0.3 is 20.1 Å². The molecule has 0 unspecified atom stereocenters. The molecule has 1 aromatic rings. The third-order valence-electron chi connectivity index (χ3n) is 3.48. The van der Waals surface area contributed by atoms with Crippen molar-refractivity contribution in [1.82, 2.24) is 9.80 Å². The van der Waals surface area contributed by atoms with Gasteiger partial charge in [-0.2, -0.15) is 0 Å². The SMILES string of the molecule is COc1ccc(Cl)cc1NC(=O)N1CCN(CCO)CC1. The molecule has 0 aromatic heterocycles. The maximum Gasteiger partial charge on any atom is 0.322 e. The van der Waals surface area contributed by atoms with Crippen LogP contribution in [0.3, 0.4) is 0 Å². The van der Waals surface area contributed by atoms with Crippen LogP contribution in [0.2, 0.25) is 5.02 Å². The second-order valence-corrected chi connectivity index (χ2v) is 5.26. The van der Waals surface area contributed by atoms with Crippen LogP contribution in [0.25, 0.3) is 0 Å². The Hall–Kier alpha value is -1.50. The molecule has 0 radical (unpaired) electrons. The number of β-amino-alcohol motifs (C(OH)–C–C–N with tert-alkyl or cyclic N) is 1. The van der Waals surface area contributed by atoms with E-state index in [1.807, 2.05) is 0 Å². The van der Waals surface area contributed by atoms with Gasteiger partial charge in [0.05, 0.1) is 19.4 Å². The summed E-state index contributed by atoms with van der Waals surface area (Å²) in [5.41, 5.74) is 0.563. The molecular formula is C14H20ClN3O3. The van der Waals surface area contributed by atoms with Crippen LogP contribution in [0.5, 0.6) is 5.75 Å². The van der Waals surface area contributed by atoms with Gasteiger partial charge in [-0.3, -0.25) is 4.90 Å². The van der Waals surface area contributed by atoms with Gasteiger partial charge in [-0.05, 0) is 18.2 Å². The first-order valence-corrected chi connectivity index (χ1v) is 7.24. The van der Waals surface area contributed by atoms with E-state index in [9.17, 15) is 4.79 Å². The summed E-state index contributed by atoms with van der Waals surface area (Å²) in [6, 6.07) is 4.93. The molecule has 1 aliphatic heterocycles. The quantitative estimate of drug-likeness (QED) is 0.884. The Bertz CT molecular complexity index is 490. The summed E-state index contributed by atoms with van der Waals surface area (Å²) in [6.45, 7) is 3.59. The number of anilines is 1. The van der Waals surface area contributed by atoms with Crippen LogP contribution < -0.4 is 10.1 Å².